The van der Waals surface area contributed by atoms with Crippen molar-refractivity contribution in [2.75, 3.05) is 26.8 Å². The molecule has 0 aromatic carbocycles. The number of hydrogen-bond acceptors (Lipinski definition) is 3. The lowest BCUT2D eigenvalue weighted by atomic mass is 9.84. The number of amides is 1. The van der Waals surface area contributed by atoms with E-state index in [4.69, 9.17) is 4.74 Å². The molecule has 4 nitrogen and oxygen atoms in total. The van der Waals surface area contributed by atoms with Gasteiger partial charge in [-0.2, -0.15) is 0 Å². The van der Waals surface area contributed by atoms with Crippen molar-refractivity contribution in [1.82, 2.24) is 10.6 Å². The quantitative estimate of drug-likeness (QED) is 0.650. The Morgan fingerprint density at radius 1 is 1.33 bits per heavy atom. The van der Waals surface area contributed by atoms with Gasteiger partial charge in [0.1, 0.15) is 0 Å². The maximum absolute atomic E-state index is 11.5. The minimum Gasteiger partial charge on any atom is -0.383 e. The van der Waals surface area contributed by atoms with Gasteiger partial charge in [0.25, 0.3) is 0 Å². The fourth-order valence-electron chi connectivity index (χ4n) is 2.62. The van der Waals surface area contributed by atoms with E-state index in [1.54, 1.807) is 7.11 Å². The number of rotatable bonds is 8. The Balaban J connectivity index is 2.04. The lowest BCUT2D eigenvalue weighted by molar-refractivity contribution is -0.121. The third-order valence-corrected chi connectivity index (χ3v) is 3.77. The Morgan fingerprint density at radius 3 is 2.89 bits per heavy atom. The van der Waals surface area contributed by atoms with Gasteiger partial charge < -0.3 is 15.4 Å². The summed E-state index contributed by atoms with van der Waals surface area (Å²) in [7, 11) is 1.64. The molecule has 0 heterocycles. The summed E-state index contributed by atoms with van der Waals surface area (Å²) in [6, 6.07) is 0.621. The van der Waals surface area contributed by atoms with Gasteiger partial charge in [-0.15, -0.1) is 0 Å². The van der Waals surface area contributed by atoms with Gasteiger partial charge in [-0.1, -0.05) is 26.2 Å². The SMILES string of the molecule is CCC1CCCC(NCCC(=O)NCCOC)C1. The van der Waals surface area contributed by atoms with Crippen LogP contribution in [0.15, 0.2) is 0 Å². The Bertz CT molecular complexity index is 234. The zero-order valence-electron chi connectivity index (χ0n) is 11.8. The summed E-state index contributed by atoms with van der Waals surface area (Å²) in [5.41, 5.74) is 0. The molecule has 1 aliphatic carbocycles. The van der Waals surface area contributed by atoms with Crippen LogP contribution in [0.2, 0.25) is 0 Å². The second kappa shape index (κ2) is 9.34. The number of methoxy groups -OCH3 is 1. The van der Waals surface area contributed by atoms with E-state index in [0.717, 1.165) is 12.5 Å². The summed E-state index contributed by atoms with van der Waals surface area (Å²) >= 11 is 0. The minimum absolute atomic E-state index is 0.113. The third kappa shape index (κ3) is 6.36. The summed E-state index contributed by atoms with van der Waals surface area (Å²) in [6.07, 6.45) is 7.11. The maximum atomic E-state index is 11.5. The number of nitrogens with one attached hydrogen (secondary N) is 2. The largest absolute Gasteiger partial charge is 0.383 e. The molecule has 1 saturated carbocycles. The Hall–Kier alpha value is -0.610. The molecule has 0 saturated heterocycles. The number of carbonyl (C=O) groups is 1. The summed E-state index contributed by atoms with van der Waals surface area (Å²) in [5.74, 6) is 0.995. The predicted octanol–water partition coefficient (Wildman–Crippen LogP) is 1.70. The highest BCUT2D eigenvalue weighted by Gasteiger charge is 2.20. The van der Waals surface area contributed by atoms with Gasteiger partial charge in [-0.05, 0) is 18.8 Å². The summed E-state index contributed by atoms with van der Waals surface area (Å²) in [5, 5.41) is 6.35. The van der Waals surface area contributed by atoms with E-state index in [0.29, 0.717) is 25.6 Å². The van der Waals surface area contributed by atoms with Gasteiger partial charge in [-0.25, -0.2) is 0 Å². The van der Waals surface area contributed by atoms with Crippen LogP contribution in [0.1, 0.15) is 45.4 Å². The van der Waals surface area contributed by atoms with Crippen LogP contribution in [0.25, 0.3) is 0 Å². The van der Waals surface area contributed by atoms with Crippen LogP contribution >= 0.6 is 0 Å². The molecular formula is C14H28N2O2. The third-order valence-electron chi connectivity index (χ3n) is 3.77. The van der Waals surface area contributed by atoms with E-state index in [1.807, 2.05) is 0 Å². The van der Waals surface area contributed by atoms with Gasteiger partial charge in [0.05, 0.1) is 6.61 Å². The van der Waals surface area contributed by atoms with E-state index in [9.17, 15) is 4.79 Å². The molecule has 0 bridgehead atoms. The molecule has 0 radical (unpaired) electrons. The van der Waals surface area contributed by atoms with Crippen molar-refractivity contribution in [3.63, 3.8) is 0 Å². The van der Waals surface area contributed by atoms with Crippen molar-refractivity contribution >= 4 is 5.91 Å². The van der Waals surface area contributed by atoms with Crippen LogP contribution < -0.4 is 10.6 Å². The van der Waals surface area contributed by atoms with E-state index >= 15 is 0 Å². The van der Waals surface area contributed by atoms with Crippen molar-refractivity contribution in [2.24, 2.45) is 5.92 Å². The number of hydrogen-bond donors (Lipinski definition) is 2. The highest BCUT2D eigenvalue weighted by molar-refractivity contribution is 5.76. The molecule has 2 unspecified atom stereocenters. The molecule has 2 atom stereocenters. The van der Waals surface area contributed by atoms with Gasteiger partial charge in [-0.3, -0.25) is 4.79 Å². The van der Waals surface area contributed by atoms with Crippen LogP contribution in [0.3, 0.4) is 0 Å². The van der Waals surface area contributed by atoms with Gasteiger partial charge in [0.2, 0.25) is 5.91 Å². The van der Waals surface area contributed by atoms with Crippen LogP contribution in [0.5, 0.6) is 0 Å². The molecule has 1 fully saturated rings. The monoisotopic (exact) mass is 256 g/mol. The zero-order valence-corrected chi connectivity index (χ0v) is 11.8. The highest BCUT2D eigenvalue weighted by Crippen LogP contribution is 2.26. The smallest absolute Gasteiger partial charge is 0.221 e. The summed E-state index contributed by atoms with van der Waals surface area (Å²) in [4.78, 5) is 11.5. The Kier molecular flexibility index (Phi) is 8.01. The number of ether oxygens (including phenoxy) is 1. The van der Waals surface area contributed by atoms with Gasteiger partial charge >= 0.3 is 0 Å². The molecule has 0 aliphatic heterocycles. The molecule has 106 valence electrons. The van der Waals surface area contributed by atoms with Gasteiger partial charge in [0, 0.05) is 32.7 Å². The lowest BCUT2D eigenvalue weighted by Crippen LogP contribution is -2.37. The molecule has 4 heteroatoms. The fraction of sp³-hybridized carbons (Fsp3) is 0.929. The van der Waals surface area contributed by atoms with E-state index in [1.165, 1.54) is 32.1 Å². The summed E-state index contributed by atoms with van der Waals surface area (Å²) in [6.45, 7) is 4.26. The topological polar surface area (TPSA) is 50.4 Å². The Labute approximate surface area is 111 Å². The van der Waals surface area contributed by atoms with Crippen LogP contribution in [0, 0.1) is 5.92 Å². The van der Waals surface area contributed by atoms with Crippen LogP contribution in [-0.4, -0.2) is 38.8 Å². The zero-order chi connectivity index (χ0) is 13.2. The lowest BCUT2D eigenvalue weighted by Gasteiger charge is -2.29. The van der Waals surface area contributed by atoms with Crippen LogP contribution in [0.4, 0.5) is 0 Å². The molecular weight excluding hydrogens is 228 g/mol. The Morgan fingerprint density at radius 2 is 2.17 bits per heavy atom. The first-order valence-corrected chi connectivity index (χ1v) is 7.25. The molecule has 18 heavy (non-hydrogen) atoms. The molecule has 1 amide bonds. The molecule has 2 N–H and O–H groups in total. The predicted molar refractivity (Wildman–Crippen MR) is 73.5 cm³/mol. The second-order valence-corrected chi connectivity index (χ2v) is 5.18. The van der Waals surface area contributed by atoms with Crippen molar-refractivity contribution in [1.29, 1.82) is 0 Å². The average Bonchev–Trinajstić information content (AvgIpc) is 2.39. The van der Waals surface area contributed by atoms with Crippen molar-refractivity contribution in [3.8, 4) is 0 Å². The van der Waals surface area contributed by atoms with Crippen molar-refractivity contribution in [3.05, 3.63) is 0 Å². The first-order valence-electron chi connectivity index (χ1n) is 7.25. The van der Waals surface area contributed by atoms with E-state index in [2.05, 4.69) is 17.6 Å². The first-order chi connectivity index (χ1) is 8.76. The first kappa shape index (κ1) is 15.4. The average molecular weight is 256 g/mol. The van der Waals surface area contributed by atoms with Gasteiger partial charge in [0.15, 0.2) is 0 Å². The maximum Gasteiger partial charge on any atom is 0.221 e. The summed E-state index contributed by atoms with van der Waals surface area (Å²) < 4.78 is 4.89. The normalized spacial score (nSPS) is 23.9. The minimum atomic E-state index is 0.113. The molecule has 1 rings (SSSR count). The molecule has 1 aliphatic rings. The molecule has 0 spiro atoms. The molecule has 0 aromatic heterocycles. The van der Waals surface area contributed by atoms with Crippen molar-refractivity contribution < 1.29 is 9.53 Å². The van der Waals surface area contributed by atoms with Crippen LogP contribution in [-0.2, 0) is 9.53 Å². The van der Waals surface area contributed by atoms with E-state index < -0.39 is 0 Å². The van der Waals surface area contributed by atoms with Crippen molar-refractivity contribution in [2.45, 2.75) is 51.5 Å². The highest BCUT2D eigenvalue weighted by atomic mass is 16.5. The van der Waals surface area contributed by atoms with E-state index in [-0.39, 0.29) is 5.91 Å². The molecule has 0 aromatic rings. The standard InChI is InChI=1S/C14H28N2O2/c1-3-12-5-4-6-13(11-12)15-8-7-14(17)16-9-10-18-2/h12-13,15H,3-11H2,1-2H3,(H,16,17). The fourth-order valence-corrected chi connectivity index (χ4v) is 2.62. The second-order valence-electron chi connectivity index (χ2n) is 5.18. The number of carbonyl (C=O) groups excluding carboxylic acids is 1.